The average Bonchev–Trinajstić information content (AvgIpc) is 3.11. The van der Waals surface area contributed by atoms with E-state index in [1.165, 1.54) is 6.07 Å². The fraction of sp³-hybridized carbons (Fsp3) is 0.562. The summed E-state index contributed by atoms with van der Waals surface area (Å²) in [7, 11) is 1.69. The van der Waals surface area contributed by atoms with Gasteiger partial charge in [0.25, 0.3) is 5.69 Å². The molecule has 1 fully saturated rings. The number of aliphatic imine (C=N–C) groups is 1. The van der Waals surface area contributed by atoms with E-state index >= 15 is 0 Å². The molecular weight excluding hydrogens is 312 g/mol. The van der Waals surface area contributed by atoms with Crippen LogP contribution in [0.15, 0.2) is 29.3 Å². The van der Waals surface area contributed by atoms with Crippen LogP contribution < -0.4 is 10.6 Å². The minimum Gasteiger partial charge on any atom is -0.379 e. The number of nitrogens with zero attached hydrogens (tertiary/aromatic N) is 2. The molecule has 24 heavy (non-hydrogen) atoms. The summed E-state index contributed by atoms with van der Waals surface area (Å²) in [5, 5.41) is 17.1. The Morgan fingerprint density at radius 2 is 2.38 bits per heavy atom. The average molecular weight is 336 g/mol. The van der Waals surface area contributed by atoms with Gasteiger partial charge >= 0.3 is 0 Å². The van der Waals surface area contributed by atoms with E-state index in [1.807, 2.05) is 6.07 Å². The minimum absolute atomic E-state index is 0.0882. The van der Waals surface area contributed by atoms with Crippen LogP contribution in [0.5, 0.6) is 0 Å². The number of hydrogen-bond donors (Lipinski definition) is 2. The third-order valence-electron chi connectivity index (χ3n) is 3.66. The number of nitro benzene ring substituents is 1. The predicted octanol–water partition coefficient (Wildman–Crippen LogP) is 1.46. The molecule has 2 N–H and O–H groups in total. The van der Waals surface area contributed by atoms with Crippen LogP contribution in [-0.2, 0) is 16.0 Å². The van der Waals surface area contributed by atoms with Crippen molar-refractivity contribution < 1.29 is 14.4 Å². The van der Waals surface area contributed by atoms with Gasteiger partial charge in [-0.15, -0.1) is 0 Å². The monoisotopic (exact) mass is 336 g/mol. The number of benzene rings is 1. The lowest BCUT2D eigenvalue weighted by Gasteiger charge is -2.13. The Morgan fingerprint density at radius 3 is 3.08 bits per heavy atom. The molecule has 0 amide bonds. The van der Waals surface area contributed by atoms with Crippen LogP contribution in [0.2, 0.25) is 0 Å². The predicted molar refractivity (Wildman–Crippen MR) is 91.1 cm³/mol. The maximum atomic E-state index is 10.8. The van der Waals surface area contributed by atoms with Crippen molar-refractivity contribution in [1.29, 1.82) is 0 Å². The zero-order valence-electron chi connectivity index (χ0n) is 13.9. The van der Waals surface area contributed by atoms with Crippen LogP contribution in [0.3, 0.4) is 0 Å². The van der Waals surface area contributed by atoms with Gasteiger partial charge in [0.1, 0.15) is 0 Å². The summed E-state index contributed by atoms with van der Waals surface area (Å²) in [6.07, 6.45) is 2.07. The molecule has 0 radical (unpaired) electrons. The number of ether oxygens (including phenoxy) is 2. The van der Waals surface area contributed by atoms with E-state index in [2.05, 4.69) is 15.6 Å². The summed E-state index contributed by atoms with van der Waals surface area (Å²) < 4.78 is 10.9. The van der Waals surface area contributed by atoms with Crippen molar-refractivity contribution in [1.82, 2.24) is 10.6 Å². The fourth-order valence-electron chi connectivity index (χ4n) is 2.36. The summed E-state index contributed by atoms with van der Waals surface area (Å²) in [6.45, 7) is 3.37. The van der Waals surface area contributed by atoms with E-state index in [9.17, 15) is 10.1 Å². The van der Waals surface area contributed by atoms with Crippen LogP contribution >= 0.6 is 0 Å². The molecule has 1 heterocycles. The van der Waals surface area contributed by atoms with E-state index in [1.54, 1.807) is 19.2 Å². The second kappa shape index (κ2) is 9.84. The van der Waals surface area contributed by atoms with E-state index in [4.69, 9.17) is 9.47 Å². The molecule has 8 nitrogen and oxygen atoms in total. The van der Waals surface area contributed by atoms with Gasteiger partial charge in [0.05, 0.1) is 17.6 Å². The second-order valence-corrected chi connectivity index (χ2v) is 5.49. The number of rotatable bonds is 8. The Labute approximate surface area is 141 Å². The number of nitrogens with one attached hydrogen (secondary N) is 2. The normalized spacial score (nSPS) is 17.7. The molecule has 1 unspecified atom stereocenters. The number of hydrogen-bond acceptors (Lipinski definition) is 5. The van der Waals surface area contributed by atoms with Gasteiger partial charge < -0.3 is 20.1 Å². The molecule has 0 aromatic heterocycles. The summed E-state index contributed by atoms with van der Waals surface area (Å²) in [5.41, 5.74) is 0.919. The van der Waals surface area contributed by atoms with Gasteiger partial charge in [0.15, 0.2) is 5.96 Å². The van der Waals surface area contributed by atoms with E-state index in [0.717, 1.165) is 31.6 Å². The number of non-ortho nitro benzene ring substituents is 1. The molecule has 1 saturated heterocycles. The molecule has 1 aromatic carbocycles. The van der Waals surface area contributed by atoms with Crippen molar-refractivity contribution in [3.63, 3.8) is 0 Å². The lowest BCUT2D eigenvalue weighted by Crippen LogP contribution is -2.37. The van der Waals surface area contributed by atoms with Crippen molar-refractivity contribution in [2.45, 2.75) is 25.5 Å². The van der Waals surface area contributed by atoms with Crippen molar-refractivity contribution in [2.24, 2.45) is 4.99 Å². The maximum absolute atomic E-state index is 10.8. The molecule has 1 atom stereocenters. The number of guanidine groups is 1. The summed E-state index contributed by atoms with van der Waals surface area (Å²) >= 11 is 0. The molecule has 1 aliphatic rings. The lowest BCUT2D eigenvalue weighted by molar-refractivity contribution is -0.384. The third kappa shape index (κ3) is 6.13. The Kier molecular flexibility index (Phi) is 7.44. The zero-order valence-corrected chi connectivity index (χ0v) is 13.9. The molecule has 2 rings (SSSR count). The molecule has 0 spiro atoms. The summed E-state index contributed by atoms with van der Waals surface area (Å²) in [5.74, 6) is 0.658. The first kappa shape index (κ1) is 18.2. The highest BCUT2D eigenvalue weighted by molar-refractivity contribution is 5.79. The van der Waals surface area contributed by atoms with Crippen LogP contribution in [-0.4, -0.2) is 50.4 Å². The van der Waals surface area contributed by atoms with Gasteiger partial charge in [-0.05, 0) is 18.4 Å². The van der Waals surface area contributed by atoms with Crippen molar-refractivity contribution in [3.8, 4) is 0 Å². The lowest BCUT2D eigenvalue weighted by atomic mass is 10.2. The quantitative estimate of drug-likeness (QED) is 0.245. The van der Waals surface area contributed by atoms with Crippen LogP contribution in [0.4, 0.5) is 5.69 Å². The highest BCUT2D eigenvalue weighted by Crippen LogP contribution is 2.12. The Balaban J connectivity index is 1.64. The minimum atomic E-state index is -0.397. The van der Waals surface area contributed by atoms with Gasteiger partial charge in [-0.25, -0.2) is 0 Å². The Morgan fingerprint density at radius 1 is 1.50 bits per heavy atom. The molecule has 132 valence electrons. The first-order valence-electron chi connectivity index (χ1n) is 8.06. The molecule has 0 aliphatic carbocycles. The molecule has 1 aliphatic heterocycles. The third-order valence-corrected chi connectivity index (χ3v) is 3.66. The van der Waals surface area contributed by atoms with Crippen LogP contribution in [0.25, 0.3) is 0 Å². The summed E-state index contributed by atoms with van der Waals surface area (Å²) in [6, 6.07) is 6.55. The standard InChI is InChI=1S/C16H24N4O4/c1-17-16(18-7-3-8-24-15-6-9-23-12-15)19-11-13-4-2-5-14(10-13)20(21)22/h2,4-5,10,15H,3,6-9,11-12H2,1H3,(H2,17,18,19). The van der Waals surface area contributed by atoms with Gasteiger partial charge in [0, 0.05) is 45.5 Å². The van der Waals surface area contributed by atoms with E-state index < -0.39 is 4.92 Å². The van der Waals surface area contributed by atoms with E-state index in [0.29, 0.717) is 25.7 Å². The van der Waals surface area contributed by atoms with Crippen molar-refractivity contribution in [2.75, 3.05) is 33.4 Å². The van der Waals surface area contributed by atoms with Gasteiger partial charge in [-0.2, -0.15) is 0 Å². The van der Waals surface area contributed by atoms with Crippen molar-refractivity contribution >= 4 is 11.6 Å². The second-order valence-electron chi connectivity index (χ2n) is 5.49. The largest absolute Gasteiger partial charge is 0.379 e. The van der Waals surface area contributed by atoms with Gasteiger partial charge in [-0.3, -0.25) is 15.1 Å². The van der Waals surface area contributed by atoms with Crippen LogP contribution in [0.1, 0.15) is 18.4 Å². The van der Waals surface area contributed by atoms with Gasteiger partial charge in [0.2, 0.25) is 0 Å². The first-order chi connectivity index (χ1) is 11.7. The topological polar surface area (TPSA) is 98.0 Å². The smallest absolute Gasteiger partial charge is 0.269 e. The Bertz CT molecular complexity index is 559. The zero-order chi connectivity index (χ0) is 17.2. The maximum Gasteiger partial charge on any atom is 0.269 e. The SMILES string of the molecule is CN=C(NCCCOC1CCOC1)NCc1cccc([N+](=O)[O-])c1. The molecule has 0 bridgehead atoms. The molecule has 1 aromatic rings. The first-order valence-corrected chi connectivity index (χ1v) is 8.06. The molecule has 8 heteroatoms. The Hall–Kier alpha value is -2.19. The fourth-order valence-corrected chi connectivity index (χ4v) is 2.36. The molecule has 0 saturated carbocycles. The van der Waals surface area contributed by atoms with E-state index in [-0.39, 0.29) is 11.8 Å². The summed E-state index contributed by atoms with van der Waals surface area (Å²) in [4.78, 5) is 14.5. The van der Waals surface area contributed by atoms with Crippen LogP contribution in [0, 0.1) is 10.1 Å². The van der Waals surface area contributed by atoms with Crippen molar-refractivity contribution in [3.05, 3.63) is 39.9 Å². The number of nitro groups is 1. The highest BCUT2D eigenvalue weighted by Gasteiger charge is 2.15. The van der Waals surface area contributed by atoms with Gasteiger partial charge in [-0.1, -0.05) is 12.1 Å². The molecular formula is C16H24N4O4. The highest BCUT2D eigenvalue weighted by atomic mass is 16.6.